The number of aromatic nitrogens is 2. The van der Waals surface area contributed by atoms with E-state index in [1.54, 1.807) is 0 Å². The molecule has 5 nitrogen and oxygen atoms in total. The van der Waals surface area contributed by atoms with Crippen LogP contribution in [0.1, 0.15) is 5.56 Å². The van der Waals surface area contributed by atoms with E-state index in [-0.39, 0.29) is 11.5 Å². The van der Waals surface area contributed by atoms with E-state index in [1.807, 2.05) is 0 Å². The van der Waals surface area contributed by atoms with Gasteiger partial charge in [-0.2, -0.15) is 18.3 Å². The van der Waals surface area contributed by atoms with Crippen LogP contribution in [0.5, 0.6) is 11.5 Å². The Morgan fingerprint density at radius 3 is 2.37 bits per heavy atom. The summed E-state index contributed by atoms with van der Waals surface area (Å²) in [5, 5.41) is 22.8. The molecule has 0 bridgehead atoms. The zero-order valence-corrected chi connectivity index (χ0v) is 9.73. The molecule has 4 N–H and O–H groups in total. The Morgan fingerprint density at radius 1 is 1.26 bits per heavy atom. The van der Waals surface area contributed by atoms with E-state index in [2.05, 4.69) is 5.10 Å². The Morgan fingerprint density at radius 2 is 1.89 bits per heavy atom. The quantitative estimate of drug-likeness (QED) is 0.695. The van der Waals surface area contributed by atoms with Crippen LogP contribution in [0.3, 0.4) is 0 Å². The van der Waals surface area contributed by atoms with Gasteiger partial charge >= 0.3 is 6.18 Å². The topological polar surface area (TPSA) is 84.3 Å². The molecule has 2 aromatic rings. The third kappa shape index (κ3) is 2.16. The molecular weight excluding hydrogens is 263 g/mol. The number of hydrogen-bond acceptors (Lipinski definition) is 4. The molecule has 0 amide bonds. The summed E-state index contributed by atoms with van der Waals surface area (Å²) in [5.41, 5.74) is 3.64. The number of nitrogens with two attached hydrogens (primary N) is 1. The molecule has 0 unspecified atom stereocenters. The predicted molar refractivity (Wildman–Crippen MR) is 61.4 cm³/mol. The highest BCUT2D eigenvalue weighted by Gasteiger charge is 2.36. The summed E-state index contributed by atoms with van der Waals surface area (Å²) in [5.74, 6) is -1.41. The zero-order chi connectivity index (χ0) is 14.4. The summed E-state index contributed by atoms with van der Waals surface area (Å²) in [6.45, 7) is 0. The molecule has 1 aromatic carbocycles. The number of aryl methyl sites for hydroxylation is 1. The standard InChI is InChI=1S/C11H10F3N3O2/c1-17-8(15)4-6(16-17)9-5(11(12,13)14)2-3-7(18)10(9)19/h2-4,18-19H,15H2,1H3. The number of alkyl halides is 3. The van der Waals surface area contributed by atoms with E-state index in [9.17, 15) is 23.4 Å². The van der Waals surface area contributed by atoms with Gasteiger partial charge in [-0.05, 0) is 12.1 Å². The van der Waals surface area contributed by atoms with E-state index < -0.39 is 28.8 Å². The molecule has 0 radical (unpaired) electrons. The van der Waals surface area contributed by atoms with Gasteiger partial charge in [0.05, 0.1) is 16.8 Å². The summed E-state index contributed by atoms with van der Waals surface area (Å²) in [7, 11) is 1.45. The van der Waals surface area contributed by atoms with Crippen LogP contribution in [0.4, 0.5) is 19.0 Å². The van der Waals surface area contributed by atoms with Gasteiger partial charge in [0.2, 0.25) is 0 Å². The van der Waals surface area contributed by atoms with Crippen molar-refractivity contribution in [3.8, 4) is 22.8 Å². The molecule has 0 saturated carbocycles. The second-order valence-corrected chi connectivity index (χ2v) is 3.93. The summed E-state index contributed by atoms with van der Waals surface area (Å²) in [6.07, 6.45) is -4.69. The SMILES string of the molecule is Cn1nc(-c2c(C(F)(F)F)ccc(O)c2O)cc1N. The highest BCUT2D eigenvalue weighted by molar-refractivity contribution is 5.76. The maximum absolute atomic E-state index is 12.9. The Labute approximate surface area is 105 Å². The largest absolute Gasteiger partial charge is 0.504 e. The van der Waals surface area contributed by atoms with Crippen molar-refractivity contribution >= 4 is 5.82 Å². The molecule has 0 aliphatic heterocycles. The van der Waals surface area contributed by atoms with Crippen molar-refractivity contribution in [3.05, 3.63) is 23.8 Å². The van der Waals surface area contributed by atoms with Crippen LogP contribution in [0.25, 0.3) is 11.3 Å². The van der Waals surface area contributed by atoms with Crippen molar-refractivity contribution < 1.29 is 23.4 Å². The van der Waals surface area contributed by atoms with Crippen molar-refractivity contribution in [1.82, 2.24) is 9.78 Å². The van der Waals surface area contributed by atoms with Gasteiger partial charge in [-0.1, -0.05) is 0 Å². The highest BCUT2D eigenvalue weighted by Crippen LogP contribution is 2.45. The fraction of sp³-hybridized carbons (Fsp3) is 0.182. The molecule has 0 spiro atoms. The zero-order valence-electron chi connectivity index (χ0n) is 9.73. The Bertz CT molecular complexity index is 615. The predicted octanol–water partition coefficient (Wildman–Crippen LogP) is 2.10. The molecule has 0 aliphatic carbocycles. The second-order valence-electron chi connectivity index (χ2n) is 3.93. The molecular formula is C11H10F3N3O2. The summed E-state index contributed by atoms with van der Waals surface area (Å²) < 4.78 is 39.8. The maximum Gasteiger partial charge on any atom is 0.417 e. The number of nitrogen functional groups attached to an aromatic ring is 1. The van der Waals surface area contributed by atoms with Crippen LogP contribution in [0, 0.1) is 0 Å². The van der Waals surface area contributed by atoms with Crippen molar-refractivity contribution in [2.24, 2.45) is 7.05 Å². The van der Waals surface area contributed by atoms with Crippen LogP contribution in [0.2, 0.25) is 0 Å². The van der Waals surface area contributed by atoms with E-state index in [0.29, 0.717) is 6.07 Å². The molecule has 1 aromatic heterocycles. The van der Waals surface area contributed by atoms with Gasteiger partial charge in [0.1, 0.15) is 5.82 Å². The van der Waals surface area contributed by atoms with Gasteiger partial charge in [0.15, 0.2) is 11.5 Å². The van der Waals surface area contributed by atoms with E-state index in [4.69, 9.17) is 5.73 Å². The third-order valence-electron chi connectivity index (χ3n) is 2.63. The Kier molecular flexibility index (Phi) is 2.80. The van der Waals surface area contributed by atoms with Gasteiger partial charge in [0.25, 0.3) is 0 Å². The van der Waals surface area contributed by atoms with Crippen LogP contribution < -0.4 is 5.73 Å². The molecule has 0 atom stereocenters. The van der Waals surface area contributed by atoms with Crippen molar-refractivity contribution in [1.29, 1.82) is 0 Å². The molecule has 8 heteroatoms. The summed E-state index contributed by atoms with van der Waals surface area (Å²) >= 11 is 0. The highest BCUT2D eigenvalue weighted by atomic mass is 19.4. The number of phenolic OH excluding ortho intramolecular Hbond substituents is 2. The first-order valence-corrected chi connectivity index (χ1v) is 5.14. The average molecular weight is 273 g/mol. The normalized spacial score (nSPS) is 11.8. The molecule has 1 heterocycles. The van der Waals surface area contributed by atoms with Gasteiger partial charge in [-0.15, -0.1) is 0 Å². The number of aromatic hydroxyl groups is 2. The molecule has 19 heavy (non-hydrogen) atoms. The van der Waals surface area contributed by atoms with Gasteiger partial charge < -0.3 is 15.9 Å². The van der Waals surface area contributed by atoms with Crippen molar-refractivity contribution in [3.63, 3.8) is 0 Å². The van der Waals surface area contributed by atoms with Crippen LogP contribution in [0.15, 0.2) is 18.2 Å². The van der Waals surface area contributed by atoms with Crippen LogP contribution >= 0.6 is 0 Å². The molecule has 0 aliphatic rings. The van der Waals surface area contributed by atoms with Crippen molar-refractivity contribution in [2.75, 3.05) is 5.73 Å². The number of rotatable bonds is 1. The average Bonchev–Trinajstić information content (AvgIpc) is 2.61. The lowest BCUT2D eigenvalue weighted by Crippen LogP contribution is -2.07. The monoisotopic (exact) mass is 273 g/mol. The van der Waals surface area contributed by atoms with E-state index in [1.165, 1.54) is 17.8 Å². The lowest BCUT2D eigenvalue weighted by molar-refractivity contribution is -0.137. The first-order chi connectivity index (χ1) is 8.71. The molecule has 2 rings (SSSR count). The minimum absolute atomic E-state index is 0.130. The Balaban J connectivity index is 2.76. The van der Waals surface area contributed by atoms with Crippen LogP contribution in [-0.2, 0) is 13.2 Å². The number of benzene rings is 1. The Hall–Kier alpha value is -2.38. The first-order valence-electron chi connectivity index (χ1n) is 5.14. The number of nitrogens with zero attached hydrogens (tertiary/aromatic N) is 2. The number of halogens is 3. The number of anilines is 1. The van der Waals surface area contributed by atoms with Gasteiger partial charge in [-0.25, -0.2) is 0 Å². The molecule has 0 saturated heterocycles. The van der Waals surface area contributed by atoms with Gasteiger partial charge in [-0.3, -0.25) is 4.68 Å². The lowest BCUT2D eigenvalue weighted by atomic mass is 10.0. The number of phenols is 2. The first kappa shape index (κ1) is 13.1. The van der Waals surface area contributed by atoms with E-state index in [0.717, 1.165) is 6.07 Å². The summed E-state index contributed by atoms with van der Waals surface area (Å²) in [6, 6.07) is 2.63. The third-order valence-corrected chi connectivity index (χ3v) is 2.63. The lowest BCUT2D eigenvalue weighted by Gasteiger charge is -2.13. The molecule has 102 valence electrons. The minimum Gasteiger partial charge on any atom is -0.504 e. The minimum atomic E-state index is -4.69. The fourth-order valence-electron chi connectivity index (χ4n) is 1.68. The second kappa shape index (κ2) is 4.08. The van der Waals surface area contributed by atoms with Crippen molar-refractivity contribution in [2.45, 2.75) is 6.18 Å². The number of hydrogen-bond donors (Lipinski definition) is 3. The van der Waals surface area contributed by atoms with Gasteiger partial charge in [0, 0.05) is 13.1 Å². The summed E-state index contributed by atoms with van der Waals surface area (Å²) in [4.78, 5) is 0. The smallest absolute Gasteiger partial charge is 0.417 e. The fourth-order valence-corrected chi connectivity index (χ4v) is 1.68. The van der Waals surface area contributed by atoms with E-state index >= 15 is 0 Å². The maximum atomic E-state index is 12.9. The van der Waals surface area contributed by atoms with Crippen LogP contribution in [-0.4, -0.2) is 20.0 Å². The molecule has 0 fully saturated rings.